The summed E-state index contributed by atoms with van der Waals surface area (Å²) in [5.41, 5.74) is 1.87. The zero-order valence-electron chi connectivity index (χ0n) is 10.8. The molecule has 3 nitrogen and oxygen atoms in total. The van der Waals surface area contributed by atoms with Crippen molar-refractivity contribution in [2.75, 3.05) is 12.4 Å². The fourth-order valence-electron chi connectivity index (χ4n) is 1.88. The first-order valence-electron chi connectivity index (χ1n) is 5.90. The van der Waals surface area contributed by atoms with Crippen molar-refractivity contribution >= 4 is 21.6 Å². The van der Waals surface area contributed by atoms with Gasteiger partial charge in [0, 0.05) is 11.0 Å². The Kier molecular flexibility index (Phi) is 4.59. The van der Waals surface area contributed by atoms with Crippen LogP contribution in [0.5, 0.6) is 5.75 Å². The van der Waals surface area contributed by atoms with Crippen LogP contribution in [0, 0.1) is 17.1 Å². The summed E-state index contributed by atoms with van der Waals surface area (Å²) < 4.78 is 19.2. The van der Waals surface area contributed by atoms with Crippen molar-refractivity contribution in [3.05, 3.63) is 57.8 Å². The minimum absolute atomic E-state index is 0.309. The van der Waals surface area contributed by atoms with Crippen molar-refractivity contribution in [2.45, 2.75) is 6.54 Å². The van der Waals surface area contributed by atoms with Gasteiger partial charge in [0.2, 0.25) is 0 Å². The third-order valence-corrected chi connectivity index (χ3v) is 3.22. The second-order valence-electron chi connectivity index (χ2n) is 4.13. The molecule has 0 heterocycles. The summed E-state index contributed by atoms with van der Waals surface area (Å²) in [4.78, 5) is 0. The van der Waals surface area contributed by atoms with Gasteiger partial charge < -0.3 is 10.1 Å². The molecule has 20 heavy (non-hydrogen) atoms. The van der Waals surface area contributed by atoms with Gasteiger partial charge in [-0.2, -0.15) is 5.26 Å². The number of nitrogens with zero attached hydrogens (tertiary/aromatic N) is 1. The zero-order valence-corrected chi connectivity index (χ0v) is 12.4. The summed E-state index contributed by atoms with van der Waals surface area (Å²) in [7, 11) is 1.54. The highest BCUT2D eigenvalue weighted by Crippen LogP contribution is 2.28. The molecule has 0 saturated carbocycles. The number of methoxy groups -OCH3 is 1. The molecule has 5 heteroatoms. The van der Waals surface area contributed by atoms with E-state index >= 15 is 0 Å². The maximum Gasteiger partial charge on any atom is 0.143 e. The van der Waals surface area contributed by atoms with E-state index in [2.05, 4.69) is 27.3 Å². The van der Waals surface area contributed by atoms with Crippen LogP contribution in [-0.4, -0.2) is 7.11 Å². The molecule has 0 aliphatic heterocycles. The van der Waals surface area contributed by atoms with Crippen LogP contribution in [-0.2, 0) is 6.54 Å². The van der Waals surface area contributed by atoms with Crippen molar-refractivity contribution in [2.24, 2.45) is 0 Å². The lowest BCUT2D eigenvalue weighted by Crippen LogP contribution is -2.03. The number of nitrogens with one attached hydrogen (secondary N) is 1. The molecule has 0 unspecified atom stereocenters. The summed E-state index contributed by atoms with van der Waals surface area (Å²) in [6.07, 6.45) is 0. The van der Waals surface area contributed by atoms with Crippen molar-refractivity contribution < 1.29 is 9.13 Å². The van der Waals surface area contributed by atoms with Gasteiger partial charge in [0.1, 0.15) is 17.6 Å². The number of anilines is 1. The van der Waals surface area contributed by atoms with Crippen LogP contribution >= 0.6 is 15.9 Å². The van der Waals surface area contributed by atoms with Gasteiger partial charge in [0.05, 0.1) is 18.4 Å². The number of ether oxygens (including phenoxy) is 1. The molecule has 0 aliphatic rings. The largest absolute Gasteiger partial charge is 0.495 e. The molecule has 102 valence electrons. The number of rotatable bonds is 4. The topological polar surface area (TPSA) is 45.0 Å². The van der Waals surface area contributed by atoms with Crippen LogP contribution < -0.4 is 10.1 Å². The van der Waals surface area contributed by atoms with Gasteiger partial charge in [-0.15, -0.1) is 0 Å². The van der Waals surface area contributed by atoms with Crippen LogP contribution in [0.2, 0.25) is 0 Å². The molecule has 2 aromatic rings. The Morgan fingerprint density at radius 3 is 2.80 bits per heavy atom. The fraction of sp³-hybridized carbons (Fsp3) is 0.133. The van der Waals surface area contributed by atoms with E-state index in [-0.39, 0.29) is 5.82 Å². The molecule has 0 bridgehead atoms. The molecule has 1 N–H and O–H groups in total. The van der Waals surface area contributed by atoms with E-state index < -0.39 is 0 Å². The summed E-state index contributed by atoms with van der Waals surface area (Å²) in [5.74, 6) is 0.274. The van der Waals surface area contributed by atoms with Gasteiger partial charge in [-0.25, -0.2) is 4.39 Å². The molecule has 0 aliphatic carbocycles. The van der Waals surface area contributed by atoms with Crippen molar-refractivity contribution in [3.8, 4) is 11.8 Å². The van der Waals surface area contributed by atoms with Crippen LogP contribution in [0.4, 0.5) is 10.1 Å². The van der Waals surface area contributed by atoms with Gasteiger partial charge in [-0.05, 0) is 35.9 Å². The van der Waals surface area contributed by atoms with E-state index in [1.165, 1.54) is 12.1 Å². The Morgan fingerprint density at radius 1 is 1.35 bits per heavy atom. The lowest BCUT2D eigenvalue weighted by molar-refractivity contribution is 0.416. The van der Waals surface area contributed by atoms with Gasteiger partial charge in [0.15, 0.2) is 0 Å². The summed E-state index contributed by atoms with van der Waals surface area (Å²) in [6, 6.07) is 12.0. The Hall–Kier alpha value is -2.06. The number of halogens is 2. The summed E-state index contributed by atoms with van der Waals surface area (Å²) in [5, 5.41) is 12.2. The summed E-state index contributed by atoms with van der Waals surface area (Å²) in [6.45, 7) is 0.394. The minimum Gasteiger partial charge on any atom is -0.495 e. The molecule has 0 aromatic heterocycles. The second-order valence-corrected chi connectivity index (χ2v) is 5.04. The number of hydrogen-bond acceptors (Lipinski definition) is 3. The summed E-state index contributed by atoms with van der Waals surface area (Å²) >= 11 is 3.25. The SMILES string of the molecule is COc1cccc(C#N)c1NCc1cc(F)cc(Br)c1. The third-order valence-electron chi connectivity index (χ3n) is 2.76. The lowest BCUT2D eigenvalue weighted by Gasteiger charge is -2.13. The van der Waals surface area contributed by atoms with Gasteiger partial charge in [0.25, 0.3) is 0 Å². The first-order valence-corrected chi connectivity index (χ1v) is 6.69. The van der Waals surface area contributed by atoms with Crippen LogP contribution in [0.15, 0.2) is 40.9 Å². The molecule has 0 spiro atoms. The van der Waals surface area contributed by atoms with Crippen LogP contribution in [0.1, 0.15) is 11.1 Å². The van der Waals surface area contributed by atoms with E-state index in [1.54, 1.807) is 25.3 Å². The Bertz CT molecular complexity index is 647. The molecule has 0 radical (unpaired) electrons. The fourth-order valence-corrected chi connectivity index (χ4v) is 2.39. The van der Waals surface area contributed by atoms with Crippen molar-refractivity contribution in [1.29, 1.82) is 5.26 Å². The maximum atomic E-state index is 13.3. The highest BCUT2D eigenvalue weighted by molar-refractivity contribution is 9.10. The Labute approximate surface area is 125 Å². The number of nitriles is 1. The average Bonchev–Trinajstić information content (AvgIpc) is 2.43. The lowest BCUT2D eigenvalue weighted by atomic mass is 10.1. The normalized spacial score (nSPS) is 9.90. The Morgan fingerprint density at radius 2 is 2.15 bits per heavy atom. The average molecular weight is 335 g/mol. The standard InChI is InChI=1S/C15H12BrFN2O/c1-20-14-4-2-3-11(8-18)15(14)19-9-10-5-12(16)7-13(17)6-10/h2-7,19H,9H2,1H3. The van der Waals surface area contributed by atoms with Gasteiger partial charge >= 0.3 is 0 Å². The van der Waals surface area contributed by atoms with Crippen molar-refractivity contribution in [3.63, 3.8) is 0 Å². The number of para-hydroxylation sites is 1. The highest BCUT2D eigenvalue weighted by Gasteiger charge is 2.08. The van der Waals surface area contributed by atoms with E-state index in [0.717, 1.165) is 5.56 Å². The van der Waals surface area contributed by atoms with E-state index in [4.69, 9.17) is 10.00 Å². The number of benzene rings is 2. The monoisotopic (exact) mass is 334 g/mol. The van der Waals surface area contributed by atoms with Gasteiger partial charge in [-0.1, -0.05) is 22.0 Å². The molecule has 2 aromatic carbocycles. The predicted octanol–water partition coefficient (Wildman–Crippen LogP) is 4.08. The molecular weight excluding hydrogens is 323 g/mol. The first kappa shape index (κ1) is 14.4. The van der Waals surface area contributed by atoms with E-state index in [0.29, 0.717) is 28.0 Å². The highest BCUT2D eigenvalue weighted by atomic mass is 79.9. The molecular formula is C15H12BrFN2O. The number of hydrogen-bond donors (Lipinski definition) is 1. The Balaban J connectivity index is 2.24. The predicted molar refractivity (Wildman–Crippen MR) is 79.1 cm³/mol. The maximum absolute atomic E-state index is 13.3. The molecule has 0 fully saturated rings. The quantitative estimate of drug-likeness (QED) is 0.916. The molecule has 2 rings (SSSR count). The molecule has 0 amide bonds. The smallest absolute Gasteiger partial charge is 0.143 e. The first-order chi connectivity index (χ1) is 9.63. The van der Waals surface area contributed by atoms with Gasteiger partial charge in [-0.3, -0.25) is 0 Å². The van der Waals surface area contributed by atoms with Crippen molar-refractivity contribution in [1.82, 2.24) is 0 Å². The third kappa shape index (κ3) is 3.28. The van der Waals surface area contributed by atoms with Crippen LogP contribution in [0.25, 0.3) is 0 Å². The van der Waals surface area contributed by atoms with E-state index in [1.807, 2.05) is 6.07 Å². The van der Waals surface area contributed by atoms with E-state index in [9.17, 15) is 4.39 Å². The zero-order chi connectivity index (χ0) is 14.5. The molecule has 0 saturated heterocycles. The molecule has 0 atom stereocenters. The minimum atomic E-state index is -0.309. The van der Waals surface area contributed by atoms with Crippen LogP contribution in [0.3, 0.4) is 0 Å². The second kappa shape index (κ2) is 6.40.